The summed E-state index contributed by atoms with van der Waals surface area (Å²) in [4.78, 5) is 0. The average Bonchev–Trinajstić information content (AvgIpc) is 2.06. The van der Waals surface area contributed by atoms with Crippen LogP contribution in [0.1, 0.15) is 33.1 Å². The molecule has 0 aromatic carbocycles. The summed E-state index contributed by atoms with van der Waals surface area (Å²) in [5.41, 5.74) is -1.59. The second-order valence-electron chi connectivity index (χ2n) is 4.83. The van der Waals surface area contributed by atoms with Gasteiger partial charge in [0.1, 0.15) is 0 Å². The van der Waals surface area contributed by atoms with Gasteiger partial charge in [-0.1, -0.05) is 13.8 Å². The topological polar surface area (TPSA) is 20.2 Å². The van der Waals surface area contributed by atoms with Gasteiger partial charge in [0.2, 0.25) is 0 Å². The highest BCUT2D eigenvalue weighted by molar-refractivity contribution is 7.99. The van der Waals surface area contributed by atoms with Crippen LogP contribution in [0.5, 0.6) is 0 Å². The third-order valence-corrected chi connectivity index (χ3v) is 4.47. The van der Waals surface area contributed by atoms with Crippen LogP contribution in [0.2, 0.25) is 0 Å². The van der Waals surface area contributed by atoms with Crippen LogP contribution in [0.15, 0.2) is 0 Å². The SMILES string of the molecule is CC1(C)CCSCC1(O)CCC(F)(F)F. The normalized spacial score (nSPS) is 31.6. The van der Waals surface area contributed by atoms with Crippen molar-refractivity contribution in [1.29, 1.82) is 0 Å². The van der Waals surface area contributed by atoms with E-state index >= 15 is 0 Å². The summed E-state index contributed by atoms with van der Waals surface area (Å²) in [6, 6.07) is 0. The van der Waals surface area contributed by atoms with Crippen molar-refractivity contribution in [2.45, 2.75) is 44.9 Å². The first kappa shape index (κ1) is 13.2. The van der Waals surface area contributed by atoms with E-state index in [1.807, 2.05) is 13.8 Å². The lowest BCUT2D eigenvalue weighted by Crippen LogP contribution is -2.50. The van der Waals surface area contributed by atoms with Crippen LogP contribution < -0.4 is 0 Å². The molecule has 0 bridgehead atoms. The highest BCUT2D eigenvalue weighted by Crippen LogP contribution is 2.45. The molecule has 1 aliphatic heterocycles. The second-order valence-corrected chi connectivity index (χ2v) is 5.94. The molecule has 1 heterocycles. The number of aliphatic hydroxyl groups is 1. The number of hydrogen-bond acceptors (Lipinski definition) is 2. The van der Waals surface area contributed by atoms with Gasteiger partial charge in [0, 0.05) is 12.2 Å². The monoisotopic (exact) mass is 242 g/mol. The Hall–Kier alpha value is 0.100. The molecule has 0 saturated carbocycles. The minimum atomic E-state index is -4.17. The van der Waals surface area contributed by atoms with Crippen molar-refractivity contribution in [1.82, 2.24) is 0 Å². The lowest BCUT2D eigenvalue weighted by Gasteiger charge is -2.46. The minimum absolute atomic E-state index is 0.184. The van der Waals surface area contributed by atoms with Gasteiger partial charge in [-0.15, -0.1) is 0 Å². The van der Waals surface area contributed by atoms with Crippen molar-refractivity contribution >= 4 is 11.8 Å². The van der Waals surface area contributed by atoms with Crippen molar-refractivity contribution in [3.05, 3.63) is 0 Å². The molecule has 1 nitrogen and oxygen atoms in total. The zero-order chi connectivity index (χ0) is 11.7. The van der Waals surface area contributed by atoms with Crippen LogP contribution in [0.25, 0.3) is 0 Å². The number of alkyl halides is 3. The maximum Gasteiger partial charge on any atom is 0.389 e. The third-order valence-electron chi connectivity index (χ3n) is 3.29. The van der Waals surface area contributed by atoms with E-state index in [1.165, 1.54) is 11.8 Å². The molecule has 1 rings (SSSR count). The molecule has 0 aromatic rings. The van der Waals surface area contributed by atoms with Crippen molar-refractivity contribution in [3.63, 3.8) is 0 Å². The van der Waals surface area contributed by atoms with Gasteiger partial charge in [-0.25, -0.2) is 0 Å². The van der Waals surface area contributed by atoms with Gasteiger partial charge < -0.3 is 5.11 Å². The van der Waals surface area contributed by atoms with E-state index in [0.29, 0.717) is 5.75 Å². The Kier molecular flexibility index (Phi) is 3.66. The van der Waals surface area contributed by atoms with Crippen LogP contribution >= 0.6 is 11.8 Å². The lowest BCUT2D eigenvalue weighted by molar-refractivity contribution is -0.155. The van der Waals surface area contributed by atoms with Crippen molar-refractivity contribution < 1.29 is 18.3 Å². The maximum atomic E-state index is 12.1. The first-order valence-electron chi connectivity index (χ1n) is 5.03. The first-order valence-corrected chi connectivity index (χ1v) is 6.19. The van der Waals surface area contributed by atoms with Gasteiger partial charge in [-0.3, -0.25) is 0 Å². The maximum absolute atomic E-state index is 12.1. The molecule has 0 aliphatic carbocycles. The van der Waals surface area contributed by atoms with Crippen LogP contribution in [0, 0.1) is 5.41 Å². The minimum Gasteiger partial charge on any atom is -0.388 e. The fraction of sp³-hybridized carbons (Fsp3) is 1.00. The first-order chi connectivity index (χ1) is 6.66. The standard InChI is InChI=1S/C10H17F3OS/c1-8(2)5-6-15-7-9(8,14)3-4-10(11,12)13/h14H,3-7H2,1-2H3. The van der Waals surface area contributed by atoms with E-state index in [4.69, 9.17) is 0 Å². The molecule has 0 amide bonds. The Bertz CT molecular complexity index is 227. The quantitative estimate of drug-likeness (QED) is 0.802. The summed E-state index contributed by atoms with van der Waals surface area (Å²) in [5, 5.41) is 10.2. The lowest BCUT2D eigenvalue weighted by atomic mass is 9.71. The predicted molar refractivity (Wildman–Crippen MR) is 56.0 cm³/mol. The zero-order valence-electron chi connectivity index (χ0n) is 9.02. The van der Waals surface area contributed by atoms with Gasteiger partial charge in [-0.05, 0) is 24.0 Å². The summed E-state index contributed by atoms with van der Waals surface area (Å²) in [6.45, 7) is 3.70. The van der Waals surface area contributed by atoms with Gasteiger partial charge in [0.15, 0.2) is 0 Å². The highest BCUT2D eigenvalue weighted by atomic mass is 32.2. The van der Waals surface area contributed by atoms with Crippen molar-refractivity contribution in [3.8, 4) is 0 Å². The highest BCUT2D eigenvalue weighted by Gasteiger charge is 2.47. The largest absolute Gasteiger partial charge is 0.389 e. The molecule has 0 aromatic heterocycles. The molecule has 15 heavy (non-hydrogen) atoms. The fourth-order valence-corrected chi connectivity index (χ4v) is 3.43. The van der Waals surface area contributed by atoms with Crippen molar-refractivity contribution in [2.75, 3.05) is 11.5 Å². The Morgan fingerprint density at radius 2 is 1.93 bits per heavy atom. The summed E-state index contributed by atoms with van der Waals surface area (Å²) in [6.07, 6.45) is -4.48. The van der Waals surface area contributed by atoms with Gasteiger partial charge in [-0.2, -0.15) is 24.9 Å². The van der Waals surface area contributed by atoms with E-state index in [-0.39, 0.29) is 6.42 Å². The Labute approximate surface area is 92.4 Å². The van der Waals surface area contributed by atoms with Gasteiger partial charge in [0.25, 0.3) is 0 Å². The molecule has 1 fully saturated rings. The molecule has 1 unspecified atom stereocenters. The molecule has 1 aliphatic rings. The molecule has 1 N–H and O–H groups in total. The van der Waals surface area contributed by atoms with Crippen LogP contribution in [-0.4, -0.2) is 28.4 Å². The van der Waals surface area contributed by atoms with Crippen LogP contribution in [0.4, 0.5) is 13.2 Å². The number of thioether (sulfide) groups is 1. The third kappa shape index (κ3) is 3.28. The van der Waals surface area contributed by atoms with E-state index in [9.17, 15) is 18.3 Å². The average molecular weight is 242 g/mol. The molecule has 1 saturated heterocycles. The molecule has 0 spiro atoms. The summed E-state index contributed by atoms with van der Waals surface area (Å²) < 4.78 is 36.3. The van der Waals surface area contributed by atoms with E-state index < -0.39 is 23.6 Å². The smallest absolute Gasteiger partial charge is 0.388 e. The predicted octanol–water partition coefficient (Wildman–Crippen LogP) is 3.22. The molecular weight excluding hydrogens is 225 g/mol. The van der Waals surface area contributed by atoms with E-state index in [2.05, 4.69) is 0 Å². The molecule has 0 radical (unpaired) electrons. The van der Waals surface area contributed by atoms with Crippen LogP contribution in [0.3, 0.4) is 0 Å². The Morgan fingerprint density at radius 1 is 1.33 bits per heavy atom. The summed E-state index contributed by atoms with van der Waals surface area (Å²) in [5.74, 6) is 1.33. The molecule has 1 atom stereocenters. The second kappa shape index (κ2) is 4.17. The fourth-order valence-electron chi connectivity index (χ4n) is 1.76. The summed E-state index contributed by atoms with van der Waals surface area (Å²) >= 11 is 1.54. The van der Waals surface area contributed by atoms with Gasteiger partial charge >= 0.3 is 6.18 Å². The van der Waals surface area contributed by atoms with Gasteiger partial charge in [0.05, 0.1) is 5.60 Å². The molecule has 5 heteroatoms. The summed E-state index contributed by atoms with van der Waals surface area (Å²) in [7, 11) is 0. The van der Waals surface area contributed by atoms with Crippen LogP contribution in [-0.2, 0) is 0 Å². The van der Waals surface area contributed by atoms with Crippen molar-refractivity contribution in [2.24, 2.45) is 5.41 Å². The Morgan fingerprint density at radius 3 is 2.40 bits per heavy atom. The zero-order valence-corrected chi connectivity index (χ0v) is 9.84. The number of halogens is 3. The Balaban J connectivity index is 2.63. The van der Waals surface area contributed by atoms with E-state index in [0.717, 1.165) is 12.2 Å². The molecule has 90 valence electrons. The number of hydrogen-bond donors (Lipinski definition) is 1. The molecular formula is C10H17F3OS. The van der Waals surface area contributed by atoms with E-state index in [1.54, 1.807) is 0 Å². The number of rotatable bonds is 2.